The molecule has 1 aromatic heterocycles. The number of hydrogen-bond acceptors (Lipinski definition) is 5. The number of nitrogens with zero attached hydrogens (tertiary/aromatic N) is 5. The lowest BCUT2D eigenvalue weighted by Gasteiger charge is -2.38. The Kier molecular flexibility index (Phi) is 5.85. The Bertz CT molecular complexity index is 1270. The minimum absolute atomic E-state index is 0.0148. The number of guanidine groups is 1. The van der Waals surface area contributed by atoms with Crippen molar-refractivity contribution >= 4 is 27.5 Å². The highest BCUT2D eigenvalue weighted by Gasteiger charge is 2.42. The molecule has 170 valence electrons. The van der Waals surface area contributed by atoms with Crippen LogP contribution in [0.1, 0.15) is 43.1 Å². The van der Waals surface area contributed by atoms with Crippen LogP contribution < -0.4 is 5.73 Å². The molecule has 0 unspecified atom stereocenters. The molecular weight excluding hydrogens is 465 g/mol. The summed E-state index contributed by atoms with van der Waals surface area (Å²) in [5.74, 6) is 4.88. The highest BCUT2D eigenvalue weighted by atomic mass is 35.5. The molecule has 0 fully saturated rings. The molecule has 2 atom stereocenters. The van der Waals surface area contributed by atoms with Crippen molar-refractivity contribution in [2.24, 2.45) is 15.1 Å². The van der Waals surface area contributed by atoms with Crippen LogP contribution in [-0.2, 0) is 15.5 Å². The maximum absolute atomic E-state index is 14.9. The van der Waals surface area contributed by atoms with Gasteiger partial charge in [-0.3, -0.25) is 4.31 Å². The van der Waals surface area contributed by atoms with E-state index >= 15 is 0 Å². The molecule has 7 nitrogen and oxygen atoms in total. The van der Waals surface area contributed by atoms with Gasteiger partial charge in [0.2, 0.25) is 5.96 Å². The highest BCUT2D eigenvalue weighted by Crippen LogP contribution is 2.35. The Morgan fingerprint density at radius 1 is 1.31 bits per heavy atom. The van der Waals surface area contributed by atoms with Gasteiger partial charge in [-0.1, -0.05) is 17.5 Å². The van der Waals surface area contributed by atoms with E-state index in [4.69, 9.17) is 17.3 Å². The smallest absolute Gasteiger partial charge is 0.333 e. The molecule has 2 aliphatic heterocycles. The van der Waals surface area contributed by atoms with Crippen molar-refractivity contribution in [2.45, 2.75) is 31.9 Å². The Morgan fingerprint density at radius 3 is 2.81 bits per heavy atom. The van der Waals surface area contributed by atoms with Gasteiger partial charge < -0.3 is 5.73 Å². The van der Waals surface area contributed by atoms with Crippen LogP contribution in [0.5, 0.6) is 0 Å². The fourth-order valence-corrected chi connectivity index (χ4v) is 6.40. The van der Waals surface area contributed by atoms with Crippen LogP contribution in [-0.4, -0.2) is 43.1 Å². The standard InChI is InChI=1S/C20H20ClF3N6OS/c1-20(12-32(31)26-8-2-3-9-30(32)19(25)27-20)14-10-13(4-6-16(14)22)5-7-17-15(21)11-29(28-17)18(23)24/h4,6,10-11,18H,2-3,8-9,12H2,1H3,(H2,25,27)/t20-,32-/m0/s1. The van der Waals surface area contributed by atoms with Crippen molar-refractivity contribution in [3.63, 3.8) is 0 Å². The largest absolute Gasteiger partial charge is 0.369 e. The molecule has 0 aliphatic carbocycles. The first kappa shape index (κ1) is 22.5. The Labute approximate surface area is 188 Å². The van der Waals surface area contributed by atoms with E-state index < -0.39 is 27.8 Å². The number of alkyl halides is 2. The maximum atomic E-state index is 14.9. The van der Waals surface area contributed by atoms with E-state index in [1.54, 1.807) is 6.92 Å². The molecule has 12 heteroatoms. The fraction of sp³-hybridized carbons (Fsp3) is 0.400. The van der Waals surface area contributed by atoms with Crippen LogP contribution in [0.3, 0.4) is 0 Å². The third-order valence-electron chi connectivity index (χ3n) is 5.25. The van der Waals surface area contributed by atoms with E-state index in [0.29, 0.717) is 23.3 Å². The molecule has 3 heterocycles. The van der Waals surface area contributed by atoms with Crippen molar-refractivity contribution in [3.05, 3.63) is 52.1 Å². The van der Waals surface area contributed by atoms with Gasteiger partial charge in [0.25, 0.3) is 0 Å². The second-order valence-electron chi connectivity index (χ2n) is 7.68. The van der Waals surface area contributed by atoms with E-state index in [0.717, 1.165) is 19.0 Å². The lowest BCUT2D eigenvalue weighted by molar-refractivity contribution is 0.0565. The second-order valence-corrected chi connectivity index (χ2v) is 10.3. The van der Waals surface area contributed by atoms with Crippen molar-refractivity contribution in [2.75, 3.05) is 18.8 Å². The first-order chi connectivity index (χ1) is 15.1. The lowest BCUT2D eigenvalue weighted by Crippen LogP contribution is -2.52. The molecule has 0 saturated heterocycles. The molecule has 2 aromatic rings. The molecule has 0 spiro atoms. The number of aromatic nitrogens is 2. The van der Waals surface area contributed by atoms with Gasteiger partial charge in [-0.15, -0.1) is 0 Å². The summed E-state index contributed by atoms with van der Waals surface area (Å²) in [6.45, 7) is -0.265. The van der Waals surface area contributed by atoms with Crippen molar-refractivity contribution < 1.29 is 17.4 Å². The third kappa shape index (κ3) is 4.17. The molecule has 32 heavy (non-hydrogen) atoms. The molecule has 4 rings (SSSR count). The minimum Gasteiger partial charge on any atom is -0.369 e. The van der Waals surface area contributed by atoms with Gasteiger partial charge in [0.15, 0.2) is 5.69 Å². The van der Waals surface area contributed by atoms with Crippen LogP contribution in [0.15, 0.2) is 33.8 Å². The van der Waals surface area contributed by atoms with Crippen molar-refractivity contribution in [3.8, 4) is 11.8 Å². The summed E-state index contributed by atoms with van der Waals surface area (Å²) in [4.78, 5) is 4.49. The number of nitrogens with two attached hydrogens (primary N) is 1. The lowest BCUT2D eigenvalue weighted by atomic mass is 9.92. The van der Waals surface area contributed by atoms with Gasteiger partial charge in [-0.05, 0) is 43.9 Å². The molecule has 1 aromatic carbocycles. The van der Waals surface area contributed by atoms with E-state index in [9.17, 15) is 17.4 Å². The van der Waals surface area contributed by atoms with Gasteiger partial charge in [-0.2, -0.15) is 13.9 Å². The first-order valence-electron chi connectivity index (χ1n) is 9.80. The van der Waals surface area contributed by atoms with Gasteiger partial charge in [-0.25, -0.2) is 22.6 Å². The van der Waals surface area contributed by atoms with Crippen LogP contribution in [0, 0.1) is 17.7 Å². The number of hydrogen-bond donors (Lipinski definition) is 1. The quantitative estimate of drug-likeness (QED) is 0.662. The van der Waals surface area contributed by atoms with E-state index in [1.807, 2.05) is 0 Å². The predicted molar refractivity (Wildman–Crippen MR) is 116 cm³/mol. The zero-order chi connectivity index (χ0) is 23.1. The average molecular weight is 485 g/mol. The Hall–Kier alpha value is -2.71. The second kappa shape index (κ2) is 8.33. The summed E-state index contributed by atoms with van der Waals surface area (Å²) >= 11 is 5.91. The number of aliphatic imine (C=N–C) groups is 1. The molecule has 0 bridgehead atoms. The van der Waals surface area contributed by atoms with Gasteiger partial charge in [0.1, 0.15) is 21.3 Å². The Morgan fingerprint density at radius 2 is 2.09 bits per heavy atom. The maximum Gasteiger partial charge on any atom is 0.333 e. The fourth-order valence-electron chi connectivity index (χ4n) is 3.72. The van der Waals surface area contributed by atoms with E-state index in [-0.39, 0.29) is 28.0 Å². The number of rotatable bonds is 2. The van der Waals surface area contributed by atoms with E-state index in [1.165, 1.54) is 22.5 Å². The van der Waals surface area contributed by atoms with E-state index in [2.05, 4.69) is 26.3 Å². The normalized spacial score (nSPS) is 25.3. The topological polar surface area (TPSA) is 88.9 Å². The summed E-state index contributed by atoms with van der Waals surface area (Å²) < 4.78 is 60.3. The molecule has 0 saturated carbocycles. The summed E-state index contributed by atoms with van der Waals surface area (Å²) in [7, 11) is -2.87. The zero-order valence-corrected chi connectivity index (χ0v) is 18.6. The van der Waals surface area contributed by atoms with Crippen LogP contribution in [0.2, 0.25) is 5.02 Å². The molecule has 0 radical (unpaired) electrons. The molecule has 2 aliphatic rings. The summed E-state index contributed by atoms with van der Waals surface area (Å²) in [5, 5.41) is 3.61. The first-order valence-corrected chi connectivity index (χ1v) is 11.8. The minimum atomic E-state index is -2.87. The molecular formula is C20H20ClF3N6OS. The molecule has 0 amide bonds. The molecule has 2 N–H and O–H groups in total. The monoisotopic (exact) mass is 484 g/mol. The SMILES string of the molecule is C[C@@]1(c2cc(C#Cc3nn(C(F)F)cc3Cl)ccc2F)C[S@]2(=O)=NCCCCN2C(N)=N1. The van der Waals surface area contributed by atoms with Gasteiger partial charge in [0.05, 0.1) is 23.5 Å². The number of halogens is 4. The average Bonchev–Trinajstić information content (AvgIpc) is 2.98. The Balaban J connectivity index is 1.73. The van der Waals surface area contributed by atoms with Crippen LogP contribution in [0.25, 0.3) is 0 Å². The van der Waals surface area contributed by atoms with Gasteiger partial charge in [0, 0.05) is 17.7 Å². The van der Waals surface area contributed by atoms with Crippen LogP contribution >= 0.6 is 11.6 Å². The highest BCUT2D eigenvalue weighted by molar-refractivity contribution is 7.92. The van der Waals surface area contributed by atoms with Crippen molar-refractivity contribution in [1.29, 1.82) is 0 Å². The zero-order valence-electron chi connectivity index (χ0n) is 17.1. The predicted octanol–water partition coefficient (Wildman–Crippen LogP) is 3.49. The van der Waals surface area contributed by atoms with Gasteiger partial charge >= 0.3 is 6.55 Å². The van der Waals surface area contributed by atoms with Crippen LogP contribution in [0.4, 0.5) is 13.2 Å². The van der Waals surface area contributed by atoms with Crippen molar-refractivity contribution in [1.82, 2.24) is 14.1 Å². The number of benzene rings is 1. The summed E-state index contributed by atoms with van der Waals surface area (Å²) in [5.41, 5.74) is 5.42. The summed E-state index contributed by atoms with van der Waals surface area (Å²) in [6.07, 6.45) is 2.56. The third-order valence-corrected chi connectivity index (χ3v) is 8.11. The summed E-state index contributed by atoms with van der Waals surface area (Å²) in [6, 6.07) is 4.14. The number of fused-ring (bicyclic) bond motifs is 1.